The van der Waals surface area contributed by atoms with Crippen LogP contribution in [-0.2, 0) is 14.3 Å². The van der Waals surface area contributed by atoms with Crippen LogP contribution < -0.4 is 5.32 Å². The van der Waals surface area contributed by atoms with E-state index in [2.05, 4.69) is 10.1 Å². The first-order valence-electron chi connectivity index (χ1n) is 4.64. The number of allylic oxidation sites excluding steroid dienone is 1. The molecule has 1 N–H and O–H groups in total. The van der Waals surface area contributed by atoms with Gasteiger partial charge in [-0.15, -0.1) is 0 Å². The molecule has 0 atom stereocenters. The summed E-state index contributed by atoms with van der Waals surface area (Å²) in [5.41, 5.74) is 1.18. The Morgan fingerprint density at radius 2 is 1.71 bits per heavy atom. The number of methoxy groups -OCH3 is 1. The smallest absolute Gasteiger partial charge is 0.354 e. The average Bonchev–Trinajstić information content (AvgIpc) is 2.16. The van der Waals surface area contributed by atoms with Crippen molar-refractivity contribution in [3.05, 3.63) is 11.3 Å². The average molecular weight is 199 g/mol. The van der Waals surface area contributed by atoms with Crippen molar-refractivity contribution in [2.75, 3.05) is 7.11 Å². The first kappa shape index (κ1) is 12.7. The molecular formula is C10H17NO3. The van der Waals surface area contributed by atoms with E-state index in [1.165, 1.54) is 14.0 Å². The lowest BCUT2D eigenvalue weighted by atomic mass is 10.1. The van der Waals surface area contributed by atoms with Gasteiger partial charge < -0.3 is 10.1 Å². The predicted molar refractivity (Wildman–Crippen MR) is 53.4 cm³/mol. The second-order valence-electron chi connectivity index (χ2n) is 2.86. The summed E-state index contributed by atoms with van der Waals surface area (Å²) in [6.07, 6.45) is 1.45. The maximum absolute atomic E-state index is 11.3. The lowest BCUT2D eigenvalue weighted by Crippen LogP contribution is -2.27. The van der Waals surface area contributed by atoms with E-state index in [4.69, 9.17) is 0 Å². The molecule has 14 heavy (non-hydrogen) atoms. The molecule has 0 fully saturated rings. The van der Waals surface area contributed by atoms with Crippen LogP contribution in [0.5, 0.6) is 0 Å². The maximum atomic E-state index is 11.3. The van der Waals surface area contributed by atoms with Gasteiger partial charge in [0.2, 0.25) is 5.91 Å². The Morgan fingerprint density at radius 1 is 1.21 bits per heavy atom. The summed E-state index contributed by atoms with van der Waals surface area (Å²) in [6, 6.07) is 0. The van der Waals surface area contributed by atoms with Crippen LogP contribution in [0.2, 0.25) is 0 Å². The molecule has 0 aromatic heterocycles. The molecule has 0 saturated heterocycles. The van der Waals surface area contributed by atoms with Crippen molar-refractivity contribution in [3.8, 4) is 0 Å². The van der Waals surface area contributed by atoms with Gasteiger partial charge in [-0.1, -0.05) is 13.8 Å². The summed E-state index contributed by atoms with van der Waals surface area (Å²) in [4.78, 5) is 22.2. The summed E-state index contributed by atoms with van der Waals surface area (Å²) in [7, 11) is 1.30. The van der Waals surface area contributed by atoms with Crippen molar-refractivity contribution in [1.29, 1.82) is 0 Å². The van der Waals surface area contributed by atoms with E-state index in [1.807, 2.05) is 13.8 Å². The quantitative estimate of drug-likeness (QED) is 0.549. The minimum atomic E-state index is -0.487. The molecule has 0 aromatic carbocycles. The summed E-state index contributed by atoms with van der Waals surface area (Å²) >= 11 is 0. The van der Waals surface area contributed by atoms with Crippen molar-refractivity contribution in [2.45, 2.75) is 33.6 Å². The van der Waals surface area contributed by atoms with Crippen LogP contribution in [0.3, 0.4) is 0 Å². The third kappa shape index (κ3) is 3.60. The first-order chi connectivity index (χ1) is 6.56. The summed E-state index contributed by atoms with van der Waals surface area (Å²) < 4.78 is 4.59. The number of hydrogen-bond acceptors (Lipinski definition) is 3. The van der Waals surface area contributed by atoms with Crippen LogP contribution in [0.15, 0.2) is 11.3 Å². The highest BCUT2D eigenvalue weighted by molar-refractivity contribution is 5.93. The summed E-state index contributed by atoms with van der Waals surface area (Å²) in [5, 5.41) is 2.50. The van der Waals surface area contributed by atoms with Gasteiger partial charge >= 0.3 is 5.97 Å². The first-order valence-corrected chi connectivity index (χ1v) is 4.64. The van der Waals surface area contributed by atoms with E-state index in [-0.39, 0.29) is 11.6 Å². The van der Waals surface area contributed by atoms with Crippen molar-refractivity contribution >= 4 is 11.9 Å². The van der Waals surface area contributed by atoms with Gasteiger partial charge in [-0.2, -0.15) is 0 Å². The van der Waals surface area contributed by atoms with Crippen molar-refractivity contribution in [1.82, 2.24) is 5.32 Å². The number of amides is 1. The number of rotatable bonds is 4. The molecule has 0 aliphatic rings. The number of carbonyl (C=O) groups excluding carboxylic acids is 2. The second-order valence-corrected chi connectivity index (χ2v) is 2.86. The number of esters is 1. The van der Waals surface area contributed by atoms with Gasteiger partial charge in [0.05, 0.1) is 7.11 Å². The van der Waals surface area contributed by atoms with Crippen LogP contribution in [-0.4, -0.2) is 19.0 Å². The molecule has 1 amide bonds. The summed E-state index contributed by atoms with van der Waals surface area (Å²) in [5.74, 6) is -0.747. The van der Waals surface area contributed by atoms with Gasteiger partial charge in [0.15, 0.2) is 0 Å². The zero-order valence-corrected chi connectivity index (χ0v) is 9.14. The molecule has 0 saturated carbocycles. The molecular weight excluding hydrogens is 182 g/mol. The Balaban J connectivity index is 4.94. The number of nitrogens with one attached hydrogen (secondary N) is 1. The highest BCUT2D eigenvalue weighted by atomic mass is 16.5. The maximum Gasteiger partial charge on any atom is 0.354 e. The van der Waals surface area contributed by atoms with E-state index >= 15 is 0 Å². The van der Waals surface area contributed by atoms with Crippen LogP contribution in [0.25, 0.3) is 0 Å². The third-order valence-electron chi connectivity index (χ3n) is 1.90. The minimum absolute atomic E-state index is 0.259. The van der Waals surface area contributed by atoms with Crippen LogP contribution in [0.1, 0.15) is 33.6 Å². The van der Waals surface area contributed by atoms with E-state index in [0.29, 0.717) is 0 Å². The fourth-order valence-corrected chi connectivity index (χ4v) is 1.17. The van der Waals surface area contributed by atoms with Crippen LogP contribution >= 0.6 is 0 Å². The van der Waals surface area contributed by atoms with E-state index in [9.17, 15) is 9.59 Å². The van der Waals surface area contributed by atoms with E-state index in [1.54, 1.807) is 0 Å². The van der Waals surface area contributed by atoms with Gasteiger partial charge in [0, 0.05) is 6.92 Å². The summed E-state index contributed by atoms with van der Waals surface area (Å²) in [6.45, 7) is 5.24. The molecule has 0 heterocycles. The highest BCUT2D eigenvalue weighted by Crippen LogP contribution is 2.11. The Hall–Kier alpha value is -1.32. The molecule has 0 unspecified atom stereocenters. The molecule has 4 heteroatoms. The van der Waals surface area contributed by atoms with E-state index in [0.717, 1.165) is 18.4 Å². The second kappa shape index (κ2) is 6.18. The van der Waals surface area contributed by atoms with Crippen LogP contribution in [0.4, 0.5) is 0 Å². The standard InChI is InChI=1S/C10H17NO3/c1-5-8(6-2)9(10(13)14-4)11-7(3)12/h5-6H2,1-4H3,(H,11,12). The predicted octanol–water partition coefficient (Wildman–Crippen LogP) is 1.37. The number of hydrogen-bond donors (Lipinski definition) is 1. The largest absolute Gasteiger partial charge is 0.464 e. The van der Waals surface area contributed by atoms with Gasteiger partial charge in [0.1, 0.15) is 5.70 Å². The minimum Gasteiger partial charge on any atom is -0.464 e. The molecule has 0 radical (unpaired) electrons. The Bertz CT molecular complexity index is 250. The zero-order valence-electron chi connectivity index (χ0n) is 9.14. The fourth-order valence-electron chi connectivity index (χ4n) is 1.17. The van der Waals surface area contributed by atoms with Crippen molar-refractivity contribution < 1.29 is 14.3 Å². The Morgan fingerprint density at radius 3 is 2.00 bits per heavy atom. The molecule has 0 rings (SSSR count). The lowest BCUT2D eigenvalue weighted by molar-refractivity contribution is -0.137. The number of ether oxygens (including phenoxy) is 1. The molecule has 0 aliphatic heterocycles. The third-order valence-corrected chi connectivity index (χ3v) is 1.90. The normalized spacial score (nSPS) is 9.14. The van der Waals surface area contributed by atoms with Gasteiger partial charge in [0.25, 0.3) is 0 Å². The fraction of sp³-hybridized carbons (Fsp3) is 0.600. The monoisotopic (exact) mass is 199 g/mol. The molecule has 4 nitrogen and oxygen atoms in total. The molecule has 0 bridgehead atoms. The molecule has 0 spiro atoms. The molecule has 0 aromatic rings. The van der Waals surface area contributed by atoms with Crippen molar-refractivity contribution in [2.24, 2.45) is 0 Å². The van der Waals surface area contributed by atoms with Crippen LogP contribution in [0, 0.1) is 0 Å². The molecule has 0 aliphatic carbocycles. The van der Waals surface area contributed by atoms with E-state index < -0.39 is 5.97 Å². The molecule has 80 valence electrons. The number of carbonyl (C=O) groups is 2. The van der Waals surface area contributed by atoms with Crippen molar-refractivity contribution in [3.63, 3.8) is 0 Å². The zero-order chi connectivity index (χ0) is 11.1. The van der Waals surface area contributed by atoms with Gasteiger partial charge in [-0.05, 0) is 18.4 Å². The Labute approximate surface area is 84.3 Å². The lowest BCUT2D eigenvalue weighted by Gasteiger charge is -2.10. The highest BCUT2D eigenvalue weighted by Gasteiger charge is 2.14. The SMILES string of the molecule is CCC(CC)=C(NC(C)=O)C(=O)OC. The Kier molecular flexibility index (Phi) is 5.60. The van der Waals surface area contributed by atoms with Gasteiger partial charge in [-0.25, -0.2) is 4.79 Å². The van der Waals surface area contributed by atoms with Gasteiger partial charge in [-0.3, -0.25) is 4.79 Å². The topological polar surface area (TPSA) is 55.4 Å².